The van der Waals surface area contributed by atoms with Gasteiger partial charge in [0, 0.05) is 29.6 Å². The van der Waals surface area contributed by atoms with E-state index in [0.717, 1.165) is 0 Å². The molecule has 5 aromatic carbocycles. The Hall–Kier alpha value is -1.77. The third-order valence-electron chi connectivity index (χ3n) is 4.85. The average Bonchev–Trinajstić information content (AvgIpc) is 2.82. The number of fused-ring (bicyclic) bond motifs is 1. The number of benzene rings is 5. The molecule has 0 aliphatic heterocycles. The van der Waals surface area contributed by atoms with Gasteiger partial charge in [0.05, 0.1) is 0 Å². The van der Waals surface area contributed by atoms with Crippen LogP contribution in [0.2, 0.25) is 0 Å². The van der Waals surface area contributed by atoms with Crippen molar-refractivity contribution in [3.63, 3.8) is 0 Å². The number of hydrogen-bond donors (Lipinski definition) is 0. The molecule has 0 amide bonds. The summed E-state index contributed by atoms with van der Waals surface area (Å²) in [5.74, 6) is 1.28. The quantitative estimate of drug-likeness (QED) is 0.235. The van der Waals surface area contributed by atoms with Gasteiger partial charge in [-0.05, 0) is 10.8 Å². The van der Waals surface area contributed by atoms with E-state index in [1.54, 1.807) is 0 Å². The van der Waals surface area contributed by atoms with Gasteiger partial charge in [-0.1, -0.05) is 162 Å². The van der Waals surface area contributed by atoms with E-state index >= 15 is 0 Å². The van der Waals surface area contributed by atoms with E-state index in [4.69, 9.17) is 0 Å². The molecular weight excluding hydrogens is 394 g/mol. The Morgan fingerprint density at radius 3 is 0.806 bits per heavy atom. The summed E-state index contributed by atoms with van der Waals surface area (Å²) in [5.41, 5.74) is 3.75. The maximum absolute atomic E-state index is 2.16. The standard InChI is InChI=1S/C19H15.C10H8.2Na/c1-4-10-16(11-5-1)19(17-12-6-2-7-13-17)18-14-8-3-9-15-18;1-2-6-10-8-4-3-7-9(10)5-1;;/h1-15H;1-8H;;/q-1;;;+1. The van der Waals surface area contributed by atoms with Gasteiger partial charge in [0.1, 0.15) is 0 Å². The summed E-state index contributed by atoms with van der Waals surface area (Å²) in [6.45, 7) is 0. The summed E-state index contributed by atoms with van der Waals surface area (Å²) in [6, 6.07) is 48.4. The molecule has 0 atom stereocenters. The SMILES string of the molecule is [Na+].[Na].c1ccc([C-](c2ccccc2)c2ccccc2)cc1.c1ccc2ccccc2c1. The molecule has 0 aliphatic rings. The molecular formula is C29H23Na2. The smallest absolute Gasteiger partial charge is 0.0999 e. The second kappa shape index (κ2) is 13.6. The zero-order valence-corrected chi connectivity index (χ0v) is 22.3. The molecule has 5 rings (SSSR count). The van der Waals surface area contributed by atoms with Crippen LogP contribution in [0, 0.1) is 5.92 Å². The van der Waals surface area contributed by atoms with Crippen molar-refractivity contribution >= 4 is 40.3 Å². The summed E-state index contributed by atoms with van der Waals surface area (Å²) >= 11 is 0. The summed E-state index contributed by atoms with van der Waals surface area (Å²) in [4.78, 5) is 0. The molecule has 0 N–H and O–H groups in total. The molecule has 0 aromatic heterocycles. The van der Waals surface area contributed by atoms with Crippen molar-refractivity contribution < 1.29 is 29.6 Å². The first-order valence-corrected chi connectivity index (χ1v) is 9.89. The molecule has 0 aliphatic carbocycles. The first kappa shape index (κ1) is 25.5. The number of hydrogen-bond acceptors (Lipinski definition) is 0. The second-order valence-corrected chi connectivity index (χ2v) is 6.82. The van der Waals surface area contributed by atoms with Crippen LogP contribution in [0.5, 0.6) is 0 Å². The van der Waals surface area contributed by atoms with Crippen LogP contribution in [-0.2, 0) is 0 Å². The van der Waals surface area contributed by atoms with E-state index in [9.17, 15) is 0 Å². The van der Waals surface area contributed by atoms with E-state index in [2.05, 4.69) is 140 Å². The molecule has 0 nitrogen and oxygen atoms in total. The Kier molecular flexibility index (Phi) is 11.2. The predicted octanol–water partition coefficient (Wildman–Crippen LogP) is 4.17. The van der Waals surface area contributed by atoms with Gasteiger partial charge in [0.25, 0.3) is 0 Å². The fourth-order valence-electron chi connectivity index (χ4n) is 3.45. The predicted molar refractivity (Wildman–Crippen MR) is 130 cm³/mol. The molecule has 31 heavy (non-hydrogen) atoms. The Morgan fingerprint density at radius 2 is 0.548 bits per heavy atom. The Morgan fingerprint density at radius 1 is 0.323 bits per heavy atom. The molecule has 0 saturated carbocycles. The minimum Gasteiger partial charge on any atom is -0.0999 e. The summed E-state index contributed by atoms with van der Waals surface area (Å²) in [7, 11) is 0. The van der Waals surface area contributed by atoms with Crippen molar-refractivity contribution in [2.45, 2.75) is 0 Å². The molecule has 0 fully saturated rings. The van der Waals surface area contributed by atoms with E-state index in [1.807, 2.05) is 0 Å². The van der Waals surface area contributed by atoms with Gasteiger partial charge in [-0.2, -0.15) is 0 Å². The van der Waals surface area contributed by atoms with Crippen molar-refractivity contribution in [2.24, 2.45) is 0 Å². The first-order chi connectivity index (χ1) is 14.4. The molecule has 1 radical (unpaired) electrons. The van der Waals surface area contributed by atoms with Crippen LogP contribution >= 0.6 is 0 Å². The Bertz CT molecular complexity index is 981. The fourth-order valence-corrected chi connectivity index (χ4v) is 3.45. The van der Waals surface area contributed by atoms with E-state index in [-0.39, 0.29) is 59.1 Å². The third-order valence-corrected chi connectivity index (χ3v) is 4.85. The third kappa shape index (κ3) is 7.12. The van der Waals surface area contributed by atoms with Crippen molar-refractivity contribution in [1.29, 1.82) is 0 Å². The van der Waals surface area contributed by atoms with Crippen LogP contribution in [0.15, 0.2) is 140 Å². The zero-order chi connectivity index (χ0) is 19.7. The Labute approximate surface area is 229 Å². The van der Waals surface area contributed by atoms with Gasteiger partial charge < -0.3 is 0 Å². The van der Waals surface area contributed by atoms with Crippen molar-refractivity contribution in [1.82, 2.24) is 0 Å². The minimum absolute atomic E-state index is 0. The van der Waals surface area contributed by atoms with Crippen LogP contribution < -0.4 is 29.6 Å². The number of rotatable bonds is 3. The van der Waals surface area contributed by atoms with E-state index in [1.165, 1.54) is 33.4 Å². The van der Waals surface area contributed by atoms with Crippen molar-refractivity contribution in [3.8, 4) is 0 Å². The van der Waals surface area contributed by atoms with Gasteiger partial charge >= 0.3 is 29.6 Å². The molecule has 141 valence electrons. The average molecular weight is 417 g/mol. The zero-order valence-electron chi connectivity index (χ0n) is 18.3. The van der Waals surface area contributed by atoms with Gasteiger partial charge in [-0.3, -0.25) is 0 Å². The van der Waals surface area contributed by atoms with Crippen LogP contribution in [0.4, 0.5) is 0 Å². The monoisotopic (exact) mass is 417 g/mol. The maximum Gasteiger partial charge on any atom is 1.00 e. The van der Waals surface area contributed by atoms with Crippen LogP contribution in [0.25, 0.3) is 10.8 Å². The van der Waals surface area contributed by atoms with Crippen LogP contribution in [0.3, 0.4) is 0 Å². The van der Waals surface area contributed by atoms with Gasteiger partial charge in [0.2, 0.25) is 0 Å². The Balaban J connectivity index is 0.000000243. The molecule has 0 unspecified atom stereocenters. The molecule has 0 saturated heterocycles. The van der Waals surface area contributed by atoms with Crippen molar-refractivity contribution in [2.75, 3.05) is 0 Å². The molecule has 5 aromatic rings. The molecule has 0 spiro atoms. The minimum atomic E-state index is 0. The summed E-state index contributed by atoms with van der Waals surface area (Å²) < 4.78 is 0. The van der Waals surface area contributed by atoms with E-state index in [0.29, 0.717) is 0 Å². The fraction of sp³-hybridized carbons (Fsp3) is 0. The maximum atomic E-state index is 2.16. The van der Waals surface area contributed by atoms with Gasteiger partial charge in [-0.25, -0.2) is 0 Å². The first-order valence-electron chi connectivity index (χ1n) is 9.89. The van der Waals surface area contributed by atoms with Crippen LogP contribution in [0.1, 0.15) is 16.7 Å². The van der Waals surface area contributed by atoms with Crippen molar-refractivity contribution in [3.05, 3.63) is 162 Å². The normalized spacial score (nSPS) is 9.42. The van der Waals surface area contributed by atoms with Gasteiger partial charge in [0.15, 0.2) is 0 Å². The van der Waals surface area contributed by atoms with E-state index < -0.39 is 0 Å². The topological polar surface area (TPSA) is 0 Å². The summed E-state index contributed by atoms with van der Waals surface area (Å²) in [5, 5.41) is 2.62. The van der Waals surface area contributed by atoms with Crippen LogP contribution in [-0.4, -0.2) is 29.6 Å². The second-order valence-electron chi connectivity index (χ2n) is 6.82. The molecule has 2 heteroatoms. The molecule has 0 heterocycles. The molecule has 0 bridgehead atoms. The summed E-state index contributed by atoms with van der Waals surface area (Å²) in [6.07, 6.45) is 0. The van der Waals surface area contributed by atoms with Gasteiger partial charge in [-0.15, -0.1) is 0 Å². The largest absolute Gasteiger partial charge is 1.00 e.